The van der Waals surface area contributed by atoms with Crippen molar-refractivity contribution in [1.82, 2.24) is 9.80 Å². The van der Waals surface area contributed by atoms with Crippen molar-refractivity contribution in [2.45, 2.75) is 44.0 Å². The molecule has 1 aliphatic carbocycles. The molecule has 1 saturated heterocycles. The van der Waals surface area contributed by atoms with Gasteiger partial charge >= 0.3 is 12.4 Å². The fourth-order valence-corrected chi connectivity index (χ4v) is 3.76. The number of carbonyl (C=O) groups excluding carboxylic acids is 3. The van der Waals surface area contributed by atoms with Gasteiger partial charge in [0.15, 0.2) is 0 Å². The minimum absolute atomic E-state index is 0.222. The van der Waals surface area contributed by atoms with E-state index in [9.17, 15) is 27.6 Å². The Hall–Kier alpha value is -2.78. The van der Waals surface area contributed by atoms with Gasteiger partial charge in [0.2, 0.25) is 5.91 Å². The topological polar surface area (TPSA) is 79.0 Å². The van der Waals surface area contributed by atoms with Crippen LogP contribution in [-0.4, -0.2) is 53.1 Å². The first-order valence-electron chi connectivity index (χ1n) is 8.88. The smallest absolute Gasteiger partial charge is 0.406 e. The summed E-state index contributed by atoms with van der Waals surface area (Å²) in [6.07, 6.45) is -0.959. The Morgan fingerprint density at radius 1 is 1.14 bits per heavy atom. The number of hydrogen-bond donors (Lipinski definition) is 1. The van der Waals surface area contributed by atoms with Crippen LogP contribution < -0.4 is 10.1 Å². The standard InChI is InChI=1S/C18H20F3N3O4/c1-23-16(27)24(15(26)17(23)9-3-2-4-10-17)11-14(25)22-12-5-7-13(8-6-12)28-18(19,20)21/h5-8H,2-4,9-11H2,1H3,(H,22,25). The van der Waals surface area contributed by atoms with Gasteiger partial charge in [-0.25, -0.2) is 4.79 Å². The lowest BCUT2D eigenvalue weighted by Gasteiger charge is -2.35. The van der Waals surface area contributed by atoms with Crippen molar-refractivity contribution in [3.8, 4) is 5.75 Å². The van der Waals surface area contributed by atoms with Gasteiger partial charge in [-0.1, -0.05) is 19.3 Å². The Kier molecular flexibility index (Phi) is 5.22. The molecule has 1 spiro atoms. The van der Waals surface area contributed by atoms with Crippen molar-refractivity contribution in [3.05, 3.63) is 24.3 Å². The summed E-state index contributed by atoms with van der Waals surface area (Å²) in [4.78, 5) is 39.9. The van der Waals surface area contributed by atoms with Crippen LogP contribution in [0.15, 0.2) is 24.3 Å². The van der Waals surface area contributed by atoms with E-state index in [0.717, 1.165) is 36.3 Å². The number of anilines is 1. The Morgan fingerprint density at radius 3 is 2.32 bits per heavy atom. The van der Waals surface area contributed by atoms with Crippen LogP contribution in [0.1, 0.15) is 32.1 Å². The van der Waals surface area contributed by atoms with Gasteiger partial charge < -0.3 is 15.0 Å². The molecule has 3 rings (SSSR count). The molecule has 4 amide bonds. The molecule has 1 aliphatic heterocycles. The highest BCUT2D eigenvalue weighted by Gasteiger charge is 2.55. The van der Waals surface area contributed by atoms with E-state index in [-0.39, 0.29) is 11.6 Å². The van der Waals surface area contributed by atoms with Crippen LogP contribution in [0.4, 0.5) is 23.7 Å². The zero-order valence-corrected chi connectivity index (χ0v) is 15.2. The SMILES string of the molecule is CN1C(=O)N(CC(=O)Nc2ccc(OC(F)(F)F)cc2)C(=O)C12CCCCC2. The van der Waals surface area contributed by atoms with Crippen molar-refractivity contribution < 1.29 is 32.3 Å². The van der Waals surface area contributed by atoms with Gasteiger partial charge in [0.05, 0.1) is 0 Å². The summed E-state index contributed by atoms with van der Waals surface area (Å²) in [5.74, 6) is -1.41. The van der Waals surface area contributed by atoms with E-state index in [0.29, 0.717) is 12.8 Å². The summed E-state index contributed by atoms with van der Waals surface area (Å²) in [6.45, 7) is -0.454. The van der Waals surface area contributed by atoms with Crippen molar-refractivity contribution in [1.29, 1.82) is 0 Å². The maximum absolute atomic E-state index is 12.8. The highest BCUT2D eigenvalue weighted by atomic mass is 19.4. The molecule has 1 aromatic rings. The number of ether oxygens (including phenoxy) is 1. The minimum atomic E-state index is -4.80. The Bertz CT molecular complexity index is 773. The Labute approximate surface area is 159 Å². The number of nitrogens with one attached hydrogen (secondary N) is 1. The lowest BCUT2D eigenvalue weighted by atomic mass is 9.81. The summed E-state index contributed by atoms with van der Waals surface area (Å²) >= 11 is 0. The number of amides is 4. The molecule has 0 radical (unpaired) electrons. The molecule has 28 heavy (non-hydrogen) atoms. The predicted octanol–water partition coefficient (Wildman–Crippen LogP) is 3.12. The van der Waals surface area contributed by atoms with Crippen LogP contribution in [0.2, 0.25) is 0 Å². The number of benzene rings is 1. The minimum Gasteiger partial charge on any atom is -0.406 e. The number of hydrogen-bond acceptors (Lipinski definition) is 4. The van der Waals surface area contributed by atoms with Gasteiger partial charge in [-0.3, -0.25) is 14.5 Å². The van der Waals surface area contributed by atoms with Crippen LogP contribution >= 0.6 is 0 Å². The quantitative estimate of drug-likeness (QED) is 0.789. The van der Waals surface area contributed by atoms with E-state index < -0.39 is 36.1 Å². The average molecular weight is 399 g/mol. The summed E-state index contributed by atoms with van der Waals surface area (Å²) in [6, 6.07) is 4.07. The Morgan fingerprint density at radius 2 is 1.75 bits per heavy atom. The molecular weight excluding hydrogens is 379 g/mol. The molecule has 152 valence electrons. The highest BCUT2D eigenvalue weighted by Crippen LogP contribution is 2.39. The number of likely N-dealkylation sites (N-methyl/N-ethyl adjacent to an activating group) is 1. The van der Waals surface area contributed by atoms with Crippen molar-refractivity contribution >= 4 is 23.5 Å². The number of urea groups is 1. The fraction of sp³-hybridized carbons (Fsp3) is 0.500. The molecule has 1 N–H and O–H groups in total. The van der Waals surface area contributed by atoms with Crippen LogP contribution in [0.5, 0.6) is 5.75 Å². The molecule has 0 unspecified atom stereocenters. The van der Waals surface area contributed by atoms with E-state index in [1.165, 1.54) is 17.0 Å². The molecular formula is C18H20F3N3O4. The number of carbonyl (C=O) groups is 3. The van der Waals surface area contributed by atoms with Crippen molar-refractivity contribution in [2.75, 3.05) is 18.9 Å². The summed E-state index contributed by atoms with van der Waals surface area (Å²) < 4.78 is 40.3. The van der Waals surface area contributed by atoms with Gasteiger partial charge in [0.1, 0.15) is 17.8 Å². The zero-order valence-electron chi connectivity index (χ0n) is 15.2. The first-order valence-corrected chi connectivity index (χ1v) is 8.88. The third-order valence-electron chi connectivity index (χ3n) is 5.16. The molecule has 1 heterocycles. The monoisotopic (exact) mass is 399 g/mol. The first-order chi connectivity index (χ1) is 13.1. The zero-order chi connectivity index (χ0) is 20.5. The second-order valence-electron chi connectivity index (χ2n) is 6.95. The third-order valence-corrected chi connectivity index (χ3v) is 5.16. The average Bonchev–Trinajstić information content (AvgIpc) is 2.79. The lowest BCUT2D eigenvalue weighted by Crippen LogP contribution is -2.49. The summed E-state index contributed by atoms with van der Waals surface area (Å²) in [5, 5.41) is 2.47. The fourth-order valence-electron chi connectivity index (χ4n) is 3.76. The van der Waals surface area contributed by atoms with E-state index in [1.54, 1.807) is 7.05 Å². The highest BCUT2D eigenvalue weighted by molar-refractivity contribution is 6.10. The number of nitrogens with zero attached hydrogens (tertiary/aromatic N) is 2. The maximum atomic E-state index is 12.8. The predicted molar refractivity (Wildman–Crippen MR) is 92.4 cm³/mol. The second-order valence-corrected chi connectivity index (χ2v) is 6.95. The van der Waals surface area contributed by atoms with Crippen LogP contribution in [0, 0.1) is 0 Å². The third kappa shape index (κ3) is 3.90. The molecule has 10 heteroatoms. The normalized spacial score (nSPS) is 19.3. The van der Waals surface area contributed by atoms with Gasteiger partial charge in [0, 0.05) is 12.7 Å². The number of alkyl halides is 3. The molecule has 0 aromatic heterocycles. The van der Waals surface area contributed by atoms with Gasteiger partial charge in [-0.15, -0.1) is 13.2 Å². The van der Waals surface area contributed by atoms with Gasteiger partial charge in [0.25, 0.3) is 5.91 Å². The second kappa shape index (κ2) is 7.33. The first kappa shape index (κ1) is 20.0. The van der Waals surface area contributed by atoms with E-state index in [4.69, 9.17) is 0 Å². The van der Waals surface area contributed by atoms with Crippen LogP contribution in [0.3, 0.4) is 0 Å². The largest absolute Gasteiger partial charge is 0.573 e. The van der Waals surface area contributed by atoms with Crippen LogP contribution in [0.25, 0.3) is 0 Å². The number of imide groups is 1. The van der Waals surface area contributed by atoms with Gasteiger partial charge in [-0.2, -0.15) is 0 Å². The van der Waals surface area contributed by atoms with Crippen molar-refractivity contribution in [3.63, 3.8) is 0 Å². The molecule has 7 nitrogen and oxygen atoms in total. The number of halogens is 3. The lowest BCUT2D eigenvalue weighted by molar-refractivity contribution is -0.274. The number of rotatable bonds is 4. The van der Waals surface area contributed by atoms with E-state index in [1.807, 2.05) is 0 Å². The molecule has 1 saturated carbocycles. The summed E-state index contributed by atoms with van der Waals surface area (Å²) in [5.41, 5.74) is -0.647. The van der Waals surface area contributed by atoms with E-state index >= 15 is 0 Å². The molecule has 1 aromatic carbocycles. The molecule has 0 atom stereocenters. The van der Waals surface area contributed by atoms with Gasteiger partial charge in [-0.05, 0) is 37.1 Å². The summed E-state index contributed by atoms with van der Waals surface area (Å²) in [7, 11) is 1.57. The molecule has 2 fully saturated rings. The molecule has 2 aliphatic rings. The Balaban J connectivity index is 1.63. The molecule has 0 bridgehead atoms. The van der Waals surface area contributed by atoms with Crippen molar-refractivity contribution in [2.24, 2.45) is 0 Å². The maximum Gasteiger partial charge on any atom is 0.573 e. The van der Waals surface area contributed by atoms with E-state index in [2.05, 4.69) is 10.1 Å². The van der Waals surface area contributed by atoms with Crippen LogP contribution in [-0.2, 0) is 9.59 Å².